The van der Waals surface area contributed by atoms with Crippen LogP contribution in [0.1, 0.15) is 30.8 Å². The summed E-state index contributed by atoms with van der Waals surface area (Å²) in [5.41, 5.74) is 7.09. The topological polar surface area (TPSA) is 86.0 Å². The molecule has 3 aromatic heterocycles. The Morgan fingerprint density at radius 2 is 1.97 bits per heavy atom. The van der Waals surface area contributed by atoms with Gasteiger partial charge in [-0.2, -0.15) is 0 Å². The SMILES string of the molecule is COc1cc(-c2cnc3c(n2)C(c2ccc4ncn(C(C)(C)CO)c4c2)=CC3)ccn1. The number of pyridine rings is 1. The fraction of sp³-hybridized carbons (Fsp3) is 0.250. The lowest BCUT2D eigenvalue weighted by Gasteiger charge is -2.24. The third-order valence-electron chi connectivity index (χ3n) is 5.74. The molecule has 0 aliphatic heterocycles. The molecule has 0 saturated carbocycles. The monoisotopic (exact) mass is 413 g/mol. The highest BCUT2D eigenvalue weighted by molar-refractivity contribution is 5.88. The number of hydrogen-bond donors (Lipinski definition) is 1. The van der Waals surface area contributed by atoms with Crippen LogP contribution in [0.2, 0.25) is 0 Å². The number of aliphatic hydroxyl groups is 1. The number of nitrogens with zero attached hydrogens (tertiary/aromatic N) is 5. The number of fused-ring (bicyclic) bond motifs is 2. The highest BCUT2D eigenvalue weighted by Crippen LogP contribution is 2.34. The molecule has 7 nitrogen and oxygen atoms in total. The number of methoxy groups -OCH3 is 1. The Morgan fingerprint density at radius 1 is 1.10 bits per heavy atom. The average molecular weight is 413 g/mol. The van der Waals surface area contributed by atoms with Crippen LogP contribution in [0.15, 0.2) is 55.1 Å². The van der Waals surface area contributed by atoms with Crippen molar-refractivity contribution >= 4 is 16.6 Å². The Bertz CT molecular complexity index is 1320. The number of aromatic nitrogens is 5. The van der Waals surface area contributed by atoms with E-state index in [9.17, 15) is 5.11 Å². The van der Waals surface area contributed by atoms with E-state index in [1.54, 1.807) is 25.8 Å². The second kappa shape index (κ2) is 7.28. The summed E-state index contributed by atoms with van der Waals surface area (Å²) in [6.07, 6.45) is 8.21. The summed E-state index contributed by atoms with van der Waals surface area (Å²) in [5, 5.41) is 9.82. The predicted octanol–water partition coefficient (Wildman–Crippen LogP) is 3.61. The largest absolute Gasteiger partial charge is 0.481 e. The summed E-state index contributed by atoms with van der Waals surface area (Å²) in [5.74, 6) is 0.542. The van der Waals surface area contributed by atoms with Gasteiger partial charge in [-0.15, -0.1) is 0 Å². The van der Waals surface area contributed by atoms with Gasteiger partial charge in [-0.3, -0.25) is 4.98 Å². The number of benzene rings is 1. The number of ether oxygens (including phenoxy) is 1. The van der Waals surface area contributed by atoms with Crippen LogP contribution >= 0.6 is 0 Å². The maximum Gasteiger partial charge on any atom is 0.213 e. The van der Waals surface area contributed by atoms with Crippen LogP contribution in [0, 0.1) is 0 Å². The van der Waals surface area contributed by atoms with Crippen LogP contribution in [0.3, 0.4) is 0 Å². The molecule has 5 rings (SSSR count). The van der Waals surface area contributed by atoms with E-state index in [0.717, 1.165) is 51.2 Å². The summed E-state index contributed by atoms with van der Waals surface area (Å²) >= 11 is 0. The normalized spacial score (nSPS) is 13.4. The molecule has 3 heterocycles. The summed E-state index contributed by atoms with van der Waals surface area (Å²) in [6.45, 7) is 4.01. The van der Waals surface area contributed by atoms with E-state index in [2.05, 4.69) is 33.2 Å². The van der Waals surface area contributed by atoms with Crippen LogP contribution in [0.25, 0.3) is 27.9 Å². The summed E-state index contributed by atoms with van der Waals surface area (Å²) in [6, 6.07) is 9.95. The maximum absolute atomic E-state index is 9.82. The summed E-state index contributed by atoms with van der Waals surface area (Å²) in [4.78, 5) is 18.3. The average Bonchev–Trinajstić information content (AvgIpc) is 3.42. The van der Waals surface area contributed by atoms with Crippen molar-refractivity contribution in [2.45, 2.75) is 25.8 Å². The first-order chi connectivity index (χ1) is 15.0. The zero-order valence-corrected chi connectivity index (χ0v) is 17.7. The maximum atomic E-state index is 9.82. The lowest BCUT2D eigenvalue weighted by molar-refractivity contribution is 0.168. The molecule has 1 N–H and O–H groups in total. The fourth-order valence-electron chi connectivity index (χ4n) is 3.88. The van der Waals surface area contributed by atoms with Crippen LogP contribution in [0.5, 0.6) is 5.88 Å². The number of rotatable bonds is 5. The van der Waals surface area contributed by atoms with Crippen LogP contribution in [0.4, 0.5) is 0 Å². The zero-order chi connectivity index (χ0) is 21.6. The van der Waals surface area contributed by atoms with Crippen molar-refractivity contribution in [1.82, 2.24) is 24.5 Å². The number of imidazole rings is 1. The minimum Gasteiger partial charge on any atom is -0.481 e. The minimum atomic E-state index is -0.442. The van der Waals surface area contributed by atoms with Gasteiger partial charge in [0.25, 0.3) is 0 Å². The molecule has 0 spiro atoms. The van der Waals surface area contributed by atoms with E-state index >= 15 is 0 Å². The third-order valence-corrected chi connectivity index (χ3v) is 5.74. The van der Waals surface area contributed by atoms with Gasteiger partial charge in [-0.25, -0.2) is 15.0 Å². The Hall–Kier alpha value is -3.58. The molecule has 4 aromatic rings. The second-order valence-electron chi connectivity index (χ2n) is 8.25. The van der Waals surface area contributed by atoms with Crippen LogP contribution in [-0.2, 0) is 12.0 Å². The molecule has 0 fully saturated rings. The van der Waals surface area contributed by atoms with E-state index in [1.807, 2.05) is 36.6 Å². The van der Waals surface area contributed by atoms with Gasteiger partial charge >= 0.3 is 0 Å². The quantitative estimate of drug-likeness (QED) is 0.538. The molecule has 0 saturated heterocycles. The Kier molecular flexibility index (Phi) is 4.55. The second-order valence-corrected chi connectivity index (χ2v) is 8.25. The van der Waals surface area contributed by atoms with Gasteiger partial charge in [0.1, 0.15) is 0 Å². The Morgan fingerprint density at radius 3 is 2.77 bits per heavy atom. The van der Waals surface area contributed by atoms with Gasteiger partial charge in [0, 0.05) is 29.8 Å². The zero-order valence-electron chi connectivity index (χ0n) is 17.7. The molecule has 0 atom stereocenters. The number of aliphatic hydroxyl groups excluding tert-OH is 1. The lowest BCUT2D eigenvalue weighted by Crippen LogP contribution is -2.29. The van der Waals surface area contributed by atoms with Crippen LogP contribution in [-0.4, -0.2) is 43.3 Å². The third kappa shape index (κ3) is 3.27. The van der Waals surface area contributed by atoms with Gasteiger partial charge in [0.2, 0.25) is 5.88 Å². The minimum absolute atomic E-state index is 0.0262. The molecule has 31 heavy (non-hydrogen) atoms. The predicted molar refractivity (Wildman–Crippen MR) is 119 cm³/mol. The first-order valence-corrected chi connectivity index (χ1v) is 10.2. The van der Waals surface area contributed by atoms with Crippen molar-refractivity contribution in [1.29, 1.82) is 0 Å². The lowest BCUT2D eigenvalue weighted by atomic mass is 10.0. The molecule has 0 amide bonds. The molecule has 7 heteroatoms. The molecule has 156 valence electrons. The van der Waals surface area contributed by atoms with Crippen LogP contribution < -0.4 is 4.74 Å². The summed E-state index contributed by atoms with van der Waals surface area (Å²) < 4.78 is 7.27. The van der Waals surface area contributed by atoms with Crippen molar-refractivity contribution in [3.8, 4) is 17.1 Å². The molecule has 0 bridgehead atoms. The standard InChI is InChI=1S/C24H23N5O2/c1-24(2,13-30)29-14-27-18-6-4-15(10-21(18)29)17-5-7-19-23(17)28-20(12-26-19)16-8-9-25-22(11-16)31-3/h4-6,8-12,14,30H,7,13H2,1-3H3. The highest BCUT2D eigenvalue weighted by atomic mass is 16.5. The van der Waals surface area contributed by atoms with Gasteiger partial charge in [-0.05, 0) is 37.6 Å². The van der Waals surface area contributed by atoms with E-state index in [1.165, 1.54) is 0 Å². The van der Waals surface area contributed by atoms with Crippen molar-refractivity contribution in [3.05, 3.63) is 72.1 Å². The Balaban J connectivity index is 1.58. The van der Waals surface area contributed by atoms with Crippen molar-refractivity contribution in [2.24, 2.45) is 0 Å². The van der Waals surface area contributed by atoms with Gasteiger partial charge in [0.15, 0.2) is 0 Å². The molecule has 0 unspecified atom stereocenters. The summed E-state index contributed by atoms with van der Waals surface area (Å²) in [7, 11) is 1.60. The molecular formula is C24H23N5O2. The van der Waals surface area contributed by atoms with Crippen molar-refractivity contribution < 1.29 is 9.84 Å². The molecule has 1 aliphatic carbocycles. The van der Waals surface area contributed by atoms with Crippen molar-refractivity contribution in [3.63, 3.8) is 0 Å². The van der Waals surface area contributed by atoms with E-state index < -0.39 is 5.54 Å². The number of allylic oxidation sites excluding steroid dienone is 1. The Labute approximate surface area is 180 Å². The highest BCUT2D eigenvalue weighted by Gasteiger charge is 2.24. The molecule has 0 radical (unpaired) electrons. The molecular weight excluding hydrogens is 390 g/mol. The smallest absolute Gasteiger partial charge is 0.213 e. The van der Waals surface area contributed by atoms with Crippen molar-refractivity contribution in [2.75, 3.05) is 13.7 Å². The van der Waals surface area contributed by atoms with E-state index in [-0.39, 0.29) is 6.61 Å². The fourth-order valence-corrected chi connectivity index (χ4v) is 3.88. The van der Waals surface area contributed by atoms with E-state index in [4.69, 9.17) is 9.72 Å². The first-order valence-electron chi connectivity index (χ1n) is 10.2. The van der Waals surface area contributed by atoms with Gasteiger partial charge in [0.05, 0.1) is 59.9 Å². The molecule has 1 aliphatic rings. The first kappa shape index (κ1) is 19.4. The van der Waals surface area contributed by atoms with Gasteiger partial charge in [-0.1, -0.05) is 12.1 Å². The van der Waals surface area contributed by atoms with Gasteiger partial charge < -0.3 is 14.4 Å². The van der Waals surface area contributed by atoms with E-state index in [0.29, 0.717) is 5.88 Å². The number of hydrogen-bond acceptors (Lipinski definition) is 6. The molecule has 1 aromatic carbocycles.